The van der Waals surface area contributed by atoms with E-state index in [9.17, 15) is 0 Å². The lowest BCUT2D eigenvalue weighted by atomic mass is 9.83. The van der Waals surface area contributed by atoms with Crippen LogP contribution in [0.15, 0.2) is 203 Å². The second-order valence-corrected chi connectivity index (χ2v) is 16.5. The Kier molecular flexibility index (Phi) is 6.92. The lowest BCUT2D eigenvalue weighted by molar-refractivity contribution is 0.669. The zero-order valence-electron chi connectivity index (χ0n) is 31.7. The molecule has 0 N–H and O–H groups in total. The smallest absolute Gasteiger partial charge is 0.143 e. The van der Waals surface area contributed by atoms with Crippen molar-refractivity contribution in [3.8, 4) is 43.8 Å². The van der Waals surface area contributed by atoms with Crippen LogP contribution in [0.1, 0.15) is 0 Å². The van der Waals surface area contributed by atoms with E-state index in [1.54, 1.807) is 0 Å². The molecule has 0 bridgehead atoms. The quantitative estimate of drug-likeness (QED) is 0.167. The average molecular weight is 769 g/mol. The fraction of sp³-hybridized carbons (Fsp3) is 0. The first-order chi connectivity index (χ1) is 29.3. The molecule has 0 spiro atoms. The molecule has 0 amide bonds. The van der Waals surface area contributed by atoms with Crippen LogP contribution >= 0.6 is 11.3 Å². The number of hydrogen-bond donors (Lipinski definition) is 0. The van der Waals surface area contributed by atoms with Crippen LogP contribution in [0.2, 0.25) is 0 Å². The largest absolute Gasteiger partial charge is 0.456 e. The van der Waals surface area contributed by atoms with E-state index in [2.05, 4.69) is 194 Å². The minimum Gasteiger partial charge on any atom is -0.456 e. The maximum absolute atomic E-state index is 6.99. The number of furan rings is 2. The minimum atomic E-state index is 0.894. The van der Waals surface area contributed by atoms with Crippen LogP contribution in [0, 0.1) is 0 Å². The fourth-order valence-corrected chi connectivity index (χ4v) is 10.9. The van der Waals surface area contributed by atoms with Crippen molar-refractivity contribution in [1.29, 1.82) is 0 Å². The molecule has 0 aliphatic rings. The van der Waals surface area contributed by atoms with Crippen molar-refractivity contribution in [3.05, 3.63) is 194 Å². The second-order valence-electron chi connectivity index (χ2n) is 15.4. The lowest BCUT2D eigenvalue weighted by Gasteiger charge is -2.19. The molecule has 10 aromatic carbocycles. The summed E-state index contributed by atoms with van der Waals surface area (Å²) in [5.74, 6) is 0. The second kappa shape index (κ2) is 12.5. The monoisotopic (exact) mass is 768 g/mol. The molecule has 0 atom stereocenters. The number of para-hydroxylation sites is 2. The summed E-state index contributed by atoms with van der Waals surface area (Å²) in [6.45, 7) is 0. The minimum absolute atomic E-state index is 0.894. The number of hydrogen-bond acceptors (Lipinski definition) is 3. The van der Waals surface area contributed by atoms with Gasteiger partial charge in [0.25, 0.3) is 0 Å². The normalized spacial score (nSPS) is 12.1. The Morgan fingerprint density at radius 3 is 1.69 bits per heavy atom. The van der Waals surface area contributed by atoms with Crippen molar-refractivity contribution in [2.45, 2.75) is 0 Å². The van der Waals surface area contributed by atoms with E-state index < -0.39 is 0 Å². The van der Waals surface area contributed by atoms with Crippen molar-refractivity contribution in [3.63, 3.8) is 0 Å². The maximum Gasteiger partial charge on any atom is 0.143 e. The van der Waals surface area contributed by atoms with Crippen LogP contribution in [0.3, 0.4) is 0 Å². The van der Waals surface area contributed by atoms with Crippen molar-refractivity contribution >= 4 is 97.6 Å². The molecule has 3 heteroatoms. The number of thiophene rings is 1. The van der Waals surface area contributed by atoms with E-state index in [1.165, 1.54) is 75.3 Å². The third kappa shape index (κ3) is 4.74. The first kappa shape index (κ1) is 32.6. The predicted molar refractivity (Wildman–Crippen MR) is 251 cm³/mol. The molecule has 0 saturated carbocycles. The Morgan fingerprint density at radius 2 is 0.915 bits per heavy atom. The molecule has 3 heterocycles. The summed E-state index contributed by atoms with van der Waals surface area (Å²) in [6, 6.07) is 70.1. The molecular formula is C56H32O2S. The SMILES string of the molecule is c1ccc(-c2ccccc2-c2cc3c(-c4c5ccccc5c(-c5cccc6c5oc5c7ccccc7ccc65)c5ccccc45)c4c(cc3s2)oc2ccccc24)cc1. The molecule has 0 aliphatic carbocycles. The zero-order valence-corrected chi connectivity index (χ0v) is 32.5. The first-order valence-corrected chi connectivity index (χ1v) is 20.9. The molecule has 13 aromatic rings. The topological polar surface area (TPSA) is 26.3 Å². The molecule has 274 valence electrons. The van der Waals surface area contributed by atoms with Crippen LogP contribution in [-0.2, 0) is 0 Å². The van der Waals surface area contributed by atoms with Gasteiger partial charge in [0.15, 0.2) is 0 Å². The third-order valence-corrected chi connectivity index (χ3v) is 13.4. The van der Waals surface area contributed by atoms with Crippen LogP contribution in [-0.4, -0.2) is 0 Å². The number of benzene rings is 10. The highest BCUT2D eigenvalue weighted by Gasteiger charge is 2.26. The van der Waals surface area contributed by atoms with Gasteiger partial charge in [-0.15, -0.1) is 11.3 Å². The van der Waals surface area contributed by atoms with Crippen LogP contribution in [0.5, 0.6) is 0 Å². The standard InChI is InChI=1S/C56H32O2S/c1-2-15-33(16-3-1)35-18-6-7-20-37(35)49-31-46-50(59-49)32-48-53(44-25-12-13-28-47(44)57-48)54(46)52-40-23-10-8-21-38(40)51(39-22-9-11-24-41(39)52)45-27-14-26-42-43-30-29-34-17-4-5-19-36(34)55(43)58-56(42)45/h1-32H. The Morgan fingerprint density at radius 1 is 0.322 bits per heavy atom. The van der Waals surface area contributed by atoms with E-state index in [4.69, 9.17) is 8.83 Å². The maximum atomic E-state index is 6.99. The summed E-state index contributed by atoms with van der Waals surface area (Å²) in [7, 11) is 0. The van der Waals surface area contributed by atoms with Crippen LogP contribution in [0.25, 0.3) is 130 Å². The summed E-state index contributed by atoms with van der Waals surface area (Å²) < 4.78 is 14.9. The molecule has 0 saturated heterocycles. The molecule has 59 heavy (non-hydrogen) atoms. The van der Waals surface area contributed by atoms with Gasteiger partial charge in [-0.1, -0.05) is 170 Å². The Balaban J connectivity index is 1.16. The number of fused-ring (bicyclic) bond motifs is 11. The molecule has 2 nitrogen and oxygen atoms in total. The van der Waals surface area contributed by atoms with Gasteiger partial charge in [-0.2, -0.15) is 0 Å². The van der Waals surface area contributed by atoms with Gasteiger partial charge >= 0.3 is 0 Å². The molecule has 0 unspecified atom stereocenters. The summed E-state index contributed by atoms with van der Waals surface area (Å²) in [6.07, 6.45) is 0. The summed E-state index contributed by atoms with van der Waals surface area (Å²) in [4.78, 5) is 1.23. The predicted octanol–water partition coefficient (Wildman–Crippen LogP) is 16.8. The van der Waals surface area contributed by atoms with E-state index in [-0.39, 0.29) is 0 Å². The zero-order chi connectivity index (χ0) is 38.6. The molecular weight excluding hydrogens is 737 g/mol. The molecule has 0 fully saturated rings. The van der Waals surface area contributed by atoms with Gasteiger partial charge in [0.2, 0.25) is 0 Å². The van der Waals surface area contributed by atoms with Crippen LogP contribution in [0.4, 0.5) is 0 Å². The van der Waals surface area contributed by atoms with Gasteiger partial charge in [0, 0.05) is 58.6 Å². The van der Waals surface area contributed by atoms with Crippen molar-refractivity contribution in [2.24, 2.45) is 0 Å². The molecule has 0 aliphatic heterocycles. The van der Waals surface area contributed by atoms with Crippen molar-refractivity contribution in [2.75, 3.05) is 0 Å². The van der Waals surface area contributed by atoms with Gasteiger partial charge in [0.05, 0.1) is 0 Å². The number of rotatable bonds is 4. The highest BCUT2D eigenvalue weighted by Crippen LogP contribution is 2.53. The average Bonchev–Trinajstić information content (AvgIpc) is 4.02. The third-order valence-electron chi connectivity index (χ3n) is 12.3. The van der Waals surface area contributed by atoms with E-state index in [1.807, 2.05) is 11.3 Å². The van der Waals surface area contributed by atoms with Crippen molar-refractivity contribution < 1.29 is 8.83 Å². The highest BCUT2D eigenvalue weighted by molar-refractivity contribution is 7.22. The Bertz CT molecular complexity index is 3790. The lowest BCUT2D eigenvalue weighted by Crippen LogP contribution is -1.92. The fourth-order valence-electron chi connectivity index (χ4n) is 9.76. The van der Waals surface area contributed by atoms with Gasteiger partial charge < -0.3 is 8.83 Å². The van der Waals surface area contributed by atoms with Gasteiger partial charge in [-0.05, 0) is 73.5 Å². The summed E-state index contributed by atoms with van der Waals surface area (Å²) in [5.41, 5.74) is 12.0. The summed E-state index contributed by atoms with van der Waals surface area (Å²) in [5, 5.41) is 12.8. The van der Waals surface area contributed by atoms with Gasteiger partial charge in [0.1, 0.15) is 22.3 Å². The Labute approximate surface area is 342 Å². The van der Waals surface area contributed by atoms with E-state index in [0.717, 1.165) is 54.8 Å². The molecule has 0 radical (unpaired) electrons. The van der Waals surface area contributed by atoms with Gasteiger partial charge in [-0.25, -0.2) is 0 Å². The summed E-state index contributed by atoms with van der Waals surface area (Å²) >= 11 is 1.84. The molecule has 3 aromatic heterocycles. The van der Waals surface area contributed by atoms with E-state index in [0.29, 0.717) is 0 Å². The van der Waals surface area contributed by atoms with E-state index >= 15 is 0 Å². The van der Waals surface area contributed by atoms with Crippen molar-refractivity contribution in [1.82, 2.24) is 0 Å². The van der Waals surface area contributed by atoms with Crippen LogP contribution < -0.4 is 0 Å². The highest BCUT2D eigenvalue weighted by atomic mass is 32.1. The van der Waals surface area contributed by atoms with Gasteiger partial charge in [-0.3, -0.25) is 0 Å². The molecule has 13 rings (SSSR count). The Hall–Kier alpha value is -7.46. The first-order valence-electron chi connectivity index (χ1n) is 20.1.